The molecule has 2 aromatic carbocycles. The second kappa shape index (κ2) is 5.35. The van der Waals surface area contributed by atoms with Gasteiger partial charge in [0, 0.05) is 23.6 Å². The second-order valence-corrected chi connectivity index (χ2v) is 6.68. The van der Waals surface area contributed by atoms with Crippen LogP contribution in [0.2, 0.25) is 0 Å². The summed E-state index contributed by atoms with van der Waals surface area (Å²) < 4.78 is 27.4. The summed E-state index contributed by atoms with van der Waals surface area (Å²) in [6, 6.07) is 14.8. The maximum atomic E-state index is 12.4. The van der Waals surface area contributed by atoms with Gasteiger partial charge in [-0.15, -0.1) is 0 Å². The fourth-order valence-electron chi connectivity index (χ4n) is 2.39. The van der Waals surface area contributed by atoms with E-state index in [1.165, 1.54) is 0 Å². The van der Waals surface area contributed by atoms with E-state index in [-0.39, 0.29) is 6.54 Å². The molecular weight excluding hydrogens is 284 g/mol. The van der Waals surface area contributed by atoms with Crippen molar-refractivity contribution in [3.63, 3.8) is 0 Å². The molecule has 0 spiro atoms. The number of aromatic amines is 1. The zero-order valence-corrected chi connectivity index (χ0v) is 12.4. The number of sulfonamides is 1. The van der Waals surface area contributed by atoms with Gasteiger partial charge < -0.3 is 4.98 Å². The van der Waals surface area contributed by atoms with Gasteiger partial charge in [-0.1, -0.05) is 36.4 Å². The van der Waals surface area contributed by atoms with Crippen molar-refractivity contribution in [2.75, 3.05) is 0 Å². The normalized spacial score (nSPS) is 11.9. The molecule has 0 aliphatic carbocycles. The fraction of sp³-hybridized carbons (Fsp3) is 0.125. The molecular formula is C16H16N2O2S. The molecule has 0 aliphatic rings. The van der Waals surface area contributed by atoms with Crippen LogP contribution < -0.4 is 4.72 Å². The van der Waals surface area contributed by atoms with E-state index in [1.807, 2.05) is 36.5 Å². The number of fused-ring (bicyclic) bond motifs is 1. The largest absolute Gasteiger partial charge is 0.361 e. The van der Waals surface area contributed by atoms with Crippen LogP contribution in [0.4, 0.5) is 0 Å². The SMILES string of the molecule is Cc1ccccc1S(=O)(=O)NCc1c[nH]c2ccccc12. The summed E-state index contributed by atoms with van der Waals surface area (Å²) in [7, 11) is -3.50. The molecule has 3 aromatic rings. The Bertz CT molecular complexity index is 882. The van der Waals surface area contributed by atoms with Gasteiger partial charge in [0.05, 0.1) is 4.90 Å². The lowest BCUT2D eigenvalue weighted by Crippen LogP contribution is -2.23. The quantitative estimate of drug-likeness (QED) is 0.778. The number of benzene rings is 2. The zero-order valence-electron chi connectivity index (χ0n) is 11.6. The molecule has 0 saturated heterocycles. The lowest BCUT2D eigenvalue weighted by Gasteiger charge is -2.08. The smallest absolute Gasteiger partial charge is 0.241 e. The molecule has 0 radical (unpaired) electrons. The van der Waals surface area contributed by atoms with Crippen LogP contribution in [-0.4, -0.2) is 13.4 Å². The summed E-state index contributed by atoms with van der Waals surface area (Å²) in [5.41, 5.74) is 2.68. The number of aryl methyl sites for hydroxylation is 1. The first-order valence-electron chi connectivity index (χ1n) is 6.68. The van der Waals surface area contributed by atoms with Gasteiger partial charge in [0.15, 0.2) is 0 Å². The number of nitrogens with one attached hydrogen (secondary N) is 2. The van der Waals surface area contributed by atoms with Crippen LogP contribution in [0, 0.1) is 6.92 Å². The number of rotatable bonds is 4. The molecule has 4 nitrogen and oxygen atoms in total. The summed E-state index contributed by atoms with van der Waals surface area (Å²) in [5, 5.41) is 1.03. The first kappa shape index (κ1) is 13.9. The predicted octanol–water partition coefficient (Wildman–Crippen LogP) is 2.95. The van der Waals surface area contributed by atoms with Crippen molar-refractivity contribution >= 4 is 20.9 Å². The van der Waals surface area contributed by atoms with Crippen LogP contribution in [-0.2, 0) is 16.6 Å². The molecule has 5 heteroatoms. The minimum absolute atomic E-state index is 0.265. The van der Waals surface area contributed by atoms with Crippen LogP contribution >= 0.6 is 0 Å². The Morgan fingerprint density at radius 2 is 1.76 bits per heavy atom. The molecule has 0 unspecified atom stereocenters. The minimum atomic E-state index is -3.50. The van der Waals surface area contributed by atoms with Gasteiger partial charge in [-0.25, -0.2) is 13.1 Å². The highest BCUT2D eigenvalue weighted by Crippen LogP contribution is 2.19. The van der Waals surface area contributed by atoms with Crippen molar-refractivity contribution in [3.8, 4) is 0 Å². The van der Waals surface area contributed by atoms with Crippen molar-refractivity contribution in [2.45, 2.75) is 18.4 Å². The summed E-state index contributed by atoms with van der Waals surface area (Å²) >= 11 is 0. The summed E-state index contributed by atoms with van der Waals surface area (Å²) in [5.74, 6) is 0. The molecule has 1 heterocycles. The maximum absolute atomic E-state index is 12.4. The lowest BCUT2D eigenvalue weighted by molar-refractivity contribution is 0.581. The van der Waals surface area contributed by atoms with E-state index in [0.29, 0.717) is 4.90 Å². The molecule has 21 heavy (non-hydrogen) atoms. The number of H-pyrrole nitrogens is 1. The third-order valence-electron chi connectivity index (χ3n) is 3.51. The van der Waals surface area contributed by atoms with Crippen molar-refractivity contribution in [2.24, 2.45) is 0 Å². The summed E-state index contributed by atoms with van der Waals surface area (Å²) in [4.78, 5) is 3.46. The molecule has 3 rings (SSSR count). The third-order valence-corrected chi connectivity index (χ3v) is 5.07. The summed E-state index contributed by atoms with van der Waals surface area (Å²) in [6.45, 7) is 2.06. The van der Waals surface area contributed by atoms with Crippen molar-refractivity contribution < 1.29 is 8.42 Å². The summed E-state index contributed by atoms with van der Waals surface area (Å²) in [6.07, 6.45) is 1.84. The van der Waals surface area contributed by atoms with Crippen molar-refractivity contribution in [1.82, 2.24) is 9.71 Å². The molecule has 0 fully saturated rings. The Morgan fingerprint density at radius 3 is 2.57 bits per heavy atom. The van der Waals surface area contributed by atoms with Crippen LogP contribution in [0.5, 0.6) is 0 Å². The second-order valence-electron chi connectivity index (χ2n) is 4.95. The number of para-hydroxylation sites is 1. The Hall–Kier alpha value is -2.11. The van der Waals surface area contributed by atoms with Crippen molar-refractivity contribution in [1.29, 1.82) is 0 Å². The van der Waals surface area contributed by atoms with Gasteiger partial charge >= 0.3 is 0 Å². The average Bonchev–Trinajstić information content (AvgIpc) is 2.89. The molecule has 0 saturated carbocycles. The molecule has 0 bridgehead atoms. The molecule has 0 amide bonds. The van der Waals surface area contributed by atoms with E-state index in [2.05, 4.69) is 9.71 Å². The molecule has 0 aliphatic heterocycles. The van der Waals surface area contributed by atoms with E-state index in [4.69, 9.17) is 0 Å². The Kier molecular flexibility index (Phi) is 3.53. The van der Waals surface area contributed by atoms with Crippen LogP contribution in [0.1, 0.15) is 11.1 Å². The van der Waals surface area contributed by atoms with Crippen LogP contribution in [0.15, 0.2) is 59.6 Å². The van der Waals surface area contributed by atoms with Gasteiger partial charge in [0.2, 0.25) is 10.0 Å². The van der Waals surface area contributed by atoms with Gasteiger partial charge in [-0.2, -0.15) is 0 Å². The monoisotopic (exact) mass is 300 g/mol. The zero-order chi connectivity index (χ0) is 14.9. The number of aromatic nitrogens is 1. The highest BCUT2D eigenvalue weighted by molar-refractivity contribution is 7.89. The first-order chi connectivity index (χ1) is 10.1. The Morgan fingerprint density at radius 1 is 1.05 bits per heavy atom. The highest BCUT2D eigenvalue weighted by Gasteiger charge is 2.16. The molecule has 2 N–H and O–H groups in total. The number of hydrogen-bond donors (Lipinski definition) is 2. The Labute approximate surface area is 123 Å². The van der Waals surface area contributed by atoms with Gasteiger partial charge in [0.1, 0.15) is 0 Å². The molecule has 1 aromatic heterocycles. The topological polar surface area (TPSA) is 62.0 Å². The predicted molar refractivity (Wildman–Crippen MR) is 83.5 cm³/mol. The number of hydrogen-bond acceptors (Lipinski definition) is 2. The van der Waals surface area contributed by atoms with Gasteiger partial charge in [0.25, 0.3) is 0 Å². The van der Waals surface area contributed by atoms with E-state index in [1.54, 1.807) is 25.1 Å². The van der Waals surface area contributed by atoms with E-state index in [9.17, 15) is 8.42 Å². The van der Waals surface area contributed by atoms with E-state index >= 15 is 0 Å². The minimum Gasteiger partial charge on any atom is -0.361 e. The lowest BCUT2D eigenvalue weighted by atomic mass is 10.2. The molecule has 108 valence electrons. The van der Waals surface area contributed by atoms with E-state index < -0.39 is 10.0 Å². The average molecular weight is 300 g/mol. The van der Waals surface area contributed by atoms with Gasteiger partial charge in [-0.05, 0) is 30.2 Å². The van der Waals surface area contributed by atoms with Gasteiger partial charge in [-0.3, -0.25) is 0 Å². The maximum Gasteiger partial charge on any atom is 0.241 e. The standard InChI is InChI=1S/C16H16N2O2S/c1-12-6-2-5-9-16(12)21(19,20)18-11-13-10-17-15-8-4-3-7-14(13)15/h2-10,17-18H,11H2,1H3. The highest BCUT2D eigenvalue weighted by atomic mass is 32.2. The fourth-order valence-corrected chi connectivity index (χ4v) is 3.64. The first-order valence-corrected chi connectivity index (χ1v) is 8.16. The molecule has 0 atom stereocenters. The van der Waals surface area contributed by atoms with Crippen LogP contribution in [0.25, 0.3) is 10.9 Å². The van der Waals surface area contributed by atoms with Crippen LogP contribution in [0.3, 0.4) is 0 Å². The van der Waals surface area contributed by atoms with E-state index in [0.717, 1.165) is 22.0 Å². The Balaban J connectivity index is 1.86. The third kappa shape index (κ3) is 2.70. The van der Waals surface area contributed by atoms with Crippen molar-refractivity contribution in [3.05, 3.63) is 65.9 Å².